The number of pyridine rings is 1. The maximum absolute atomic E-state index is 9.73. The molecule has 3 nitrogen and oxygen atoms in total. The number of nitrogens with zero attached hydrogens (tertiary/aromatic N) is 2. The van der Waals surface area contributed by atoms with E-state index < -0.39 is 0 Å². The molecule has 0 radical (unpaired) electrons. The molecule has 1 aliphatic rings. The minimum atomic E-state index is -0.176. The molecule has 1 saturated heterocycles. The van der Waals surface area contributed by atoms with E-state index in [4.69, 9.17) is 0 Å². The molecular weight excluding hydrogens is 200 g/mol. The maximum Gasteiger partial charge on any atom is 0.0668 e. The van der Waals surface area contributed by atoms with Crippen LogP contribution in [0.4, 0.5) is 0 Å². The average molecular weight is 220 g/mol. The normalized spacial score (nSPS) is 25.6. The van der Waals surface area contributed by atoms with E-state index in [0.29, 0.717) is 0 Å². The largest absolute Gasteiger partial charge is 0.392 e. The molecule has 1 atom stereocenters. The van der Waals surface area contributed by atoms with Crippen LogP contribution in [0.5, 0.6) is 0 Å². The molecule has 3 heteroatoms. The molecule has 0 amide bonds. The molecule has 1 aromatic heterocycles. The number of piperidine rings is 1. The number of hydrogen-bond acceptors (Lipinski definition) is 3. The van der Waals surface area contributed by atoms with Gasteiger partial charge in [0.25, 0.3) is 0 Å². The Bertz CT molecular complexity index is 337. The second-order valence-electron chi connectivity index (χ2n) is 5.25. The first-order valence-corrected chi connectivity index (χ1v) is 5.90. The Kier molecular flexibility index (Phi) is 3.26. The van der Waals surface area contributed by atoms with Gasteiger partial charge in [0.2, 0.25) is 0 Å². The van der Waals surface area contributed by atoms with E-state index in [2.05, 4.69) is 29.8 Å². The predicted octanol–water partition coefficient (Wildman–Crippen LogP) is 1.82. The van der Waals surface area contributed by atoms with Crippen LogP contribution in [0.1, 0.15) is 32.3 Å². The van der Waals surface area contributed by atoms with Gasteiger partial charge in [-0.2, -0.15) is 0 Å². The summed E-state index contributed by atoms with van der Waals surface area (Å²) in [7, 11) is 0. The first kappa shape index (κ1) is 11.6. The summed E-state index contributed by atoms with van der Waals surface area (Å²) >= 11 is 0. The van der Waals surface area contributed by atoms with Crippen LogP contribution in [0.25, 0.3) is 0 Å². The molecule has 0 bridgehead atoms. The summed E-state index contributed by atoms with van der Waals surface area (Å²) in [6, 6.07) is 4.05. The summed E-state index contributed by atoms with van der Waals surface area (Å²) in [4.78, 5) is 6.47. The fraction of sp³-hybridized carbons (Fsp3) is 0.615. The van der Waals surface area contributed by atoms with E-state index in [0.717, 1.165) is 25.9 Å². The number of rotatable bonds is 2. The highest BCUT2D eigenvalue weighted by Crippen LogP contribution is 2.28. The summed E-state index contributed by atoms with van der Waals surface area (Å²) in [6.07, 6.45) is 5.48. The van der Waals surface area contributed by atoms with Crippen LogP contribution in [0.3, 0.4) is 0 Å². The van der Waals surface area contributed by atoms with E-state index in [1.165, 1.54) is 5.56 Å². The zero-order chi connectivity index (χ0) is 11.6. The van der Waals surface area contributed by atoms with Crippen molar-refractivity contribution in [3.8, 4) is 0 Å². The Morgan fingerprint density at radius 3 is 3.06 bits per heavy atom. The van der Waals surface area contributed by atoms with Crippen molar-refractivity contribution in [2.75, 3.05) is 6.54 Å². The van der Waals surface area contributed by atoms with Gasteiger partial charge in [0.15, 0.2) is 0 Å². The molecule has 0 aromatic carbocycles. The Balaban J connectivity index is 2.07. The molecule has 0 spiro atoms. The monoisotopic (exact) mass is 220 g/mol. The summed E-state index contributed by atoms with van der Waals surface area (Å²) in [5.41, 5.74) is 1.39. The third-order valence-corrected chi connectivity index (χ3v) is 3.47. The molecule has 16 heavy (non-hydrogen) atoms. The quantitative estimate of drug-likeness (QED) is 0.826. The summed E-state index contributed by atoms with van der Waals surface area (Å²) in [5.74, 6) is 0. The van der Waals surface area contributed by atoms with Crippen LogP contribution in [-0.2, 0) is 6.54 Å². The zero-order valence-corrected chi connectivity index (χ0v) is 10.1. The number of aromatic nitrogens is 1. The van der Waals surface area contributed by atoms with Crippen molar-refractivity contribution >= 4 is 0 Å². The third kappa shape index (κ3) is 2.60. The fourth-order valence-electron chi connectivity index (χ4n) is 2.26. The first-order valence-electron chi connectivity index (χ1n) is 5.90. The van der Waals surface area contributed by atoms with E-state index >= 15 is 0 Å². The van der Waals surface area contributed by atoms with E-state index in [1.54, 1.807) is 6.20 Å². The predicted molar refractivity (Wildman–Crippen MR) is 64.0 cm³/mol. The van der Waals surface area contributed by atoms with Crippen LogP contribution in [0, 0.1) is 0 Å². The van der Waals surface area contributed by atoms with Crippen molar-refractivity contribution in [3.05, 3.63) is 30.1 Å². The lowest BCUT2D eigenvalue weighted by atomic mass is 9.89. The van der Waals surface area contributed by atoms with Gasteiger partial charge in [0.05, 0.1) is 6.10 Å². The van der Waals surface area contributed by atoms with Crippen molar-refractivity contribution < 1.29 is 5.11 Å². The fourth-order valence-corrected chi connectivity index (χ4v) is 2.26. The van der Waals surface area contributed by atoms with Gasteiger partial charge >= 0.3 is 0 Å². The van der Waals surface area contributed by atoms with E-state index in [-0.39, 0.29) is 11.6 Å². The van der Waals surface area contributed by atoms with Crippen LogP contribution in [0.2, 0.25) is 0 Å². The lowest BCUT2D eigenvalue weighted by Crippen LogP contribution is -2.51. The number of aliphatic hydroxyl groups is 1. The van der Waals surface area contributed by atoms with Crippen molar-refractivity contribution in [1.29, 1.82) is 0 Å². The van der Waals surface area contributed by atoms with Gasteiger partial charge in [-0.15, -0.1) is 0 Å². The van der Waals surface area contributed by atoms with Gasteiger partial charge in [-0.3, -0.25) is 9.88 Å². The number of hydrogen-bond donors (Lipinski definition) is 1. The Hall–Kier alpha value is -0.930. The van der Waals surface area contributed by atoms with Gasteiger partial charge in [0.1, 0.15) is 0 Å². The van der Waals surface area contributed by atoms with Crippen LogP contribution >= 0.6 is 0 Å². The van der Waals surface area contributed by atoms with Crippen molar-refractivity contribution in [2.45, 2.75) is 44.9 Å². The van der Waals surface area contributed by atoms with Crippen LogP contribution < -0.4 is 0 Å². The summed E-state index contributed by atoms with van der Waals surface area (Å²) in [5, 5.41) is 9.73. The molecule has 0 saturated carbocycles. The van der Waals surface area contributed by atoms with Crippen molar-refractivity contribution in [2.24, 2.45) is 0 Å². The number of β-amino-alcohol motifs (C(OH)–C–C–N with tert-alkyl or cyclic N) is 1. The summed E-state index contributed by atoms with van der Waals surface area (Å²) < 4.78 is 0. The SMILES string of the molecule is CC1(C)CCC(O)CN1Cc1cccnc1. The smallest absolute Gasteiger partial charge is 0.0668 e. The summed E-state index contributed by atoms with van der Waals surface area (Å²) in [6.45, 7) is 6.13. The van der Waals surface area contributed by atoms with E-state index in [1.807, 2.05) is 12.3 Å². The lowest BCUT2D eigenvalue weighted by Gasteiger charge is -2.44. The van der Waals surface area contributed by atoms with Gasteiger partial charge in [-0.25, -0.2) is 0 Å². The third-order valence-electron chi connectivity index (χ3n) is 3.47. The van der Waals surface area contributed by atoms with E-state index in [9.17, 15) is 5.11 Å². The topological polar surface area (TPSA) is 36.4 Å². The Labute approximate surface area is 97.1 Å². The first-order chi connectivity index (χ1) is 7.58. The lowest BCUT2D eigenvalue weighted by molar-refractivity contribution is -0.00964. The highest BCUT2D eigenvalue weighted by molar-refractivity contribution is 5.09. The second-order valence-corrected chi connectivity index (χ2v) is 5.25. The van der Waals surface area contributed by atoms with Crippen molar-refractivity contribution in [3.63, 3.8) is 0 Å². The molecule has 1 N–H and O–H groups in total. The van der Waals surface area contributed by atoms with Crippen LogP contribution in [0.15, 0.2) is 24.5 Å². The Morgan fingerprint density at radius 2 is 2.38 bits per heavy atom. The van der Waals surface area contributed by atoms with Gasteiger partial charge in [-0.1, -0.05) is 6.07 Å². The molecule has 1 aromatic rings. The molecule has 2 heterocycles. The Morgan fingerprint density at radius 1 is 1.56 bits per heavy atom. The number of likely N-dealkylation sites (tertiary alicyclic amines) is 1. The maximum atomic E-state index is 9.73. The van der Waals surface area contributed by atoms with Crippen LogP contribution in [-0.4, -0.2) is 33.2 Å². The highest BCUT2D eigenvalue weighted by atomic mass is 16.3. The molecule has 0 aliphatic carbocycles. The standard InChI is InChI=1S/C13H20N2O/c1-13(2)6-5-12(16)10-15(13)9-11-4-3-7-14-8-11/h3-4,7-8,12,16H,5-6,9-10H2,1-2H3. The molecule has 88 valence electrons. The van der Waals surface area contributed by atoms with Gasteiger partial charge in [0, 0.05) is 31.0 Å². The van der Waals surface area contributed by atoms with Gasteiger partial charge in [-0.05, 0) is 38.3 Å². The number of aliphatic hydroxyl groups excluding tert-OH is 1. The molecule has 1 fully saturated rings. The highest BCUT2D eigenvalue weighted by Gasteiger charge is 2.33. The molecule has 1 unspecified atom stereocenters. The minimum Gasteiger partial charge on any atom is -0.392 e. The zero-order valence-electron chi connectivity index (χ0n) is 10.1. The minimum absolute atomic E-state index is 0.176. The second kappa shape index (κ2) is 4.52. The van der Waals surface area contributed by atoms with Gasteiger partial charge < -0.3 is 5.11 Å². The molecule has 1 aliphatic heterocycles. The molecular formula is C13H20N2O. The molecule has 2 rings (SSSR count). The average Bonchev–Trinajstić information content (AvgIpc) is 2.26. The van der Waals surface area contributed by atoms with Crippen molar-refractivity contribution in [1.82, 2.24) is 9.88 Å².